The molecule has 152 valence electrons. The largest absolute Gasteiger partial charge is 0.377 e. The van der Waals surface area contributed by atoms with Crippen LogP contribution in [-0.2, 0) is 11.3 Å². The van der Waals surface area contributed by atoms with Gasteiger partial charge in [0.2, 0.25) is 0 Å². The quantitative estimate of drug-likeness (QED) is 0.401. The predicted octanol–water partition coefficient (Wildman–Crippen LogP) is 7.88. The Morgan fingerprint density at radius 3 is 2.25 bits per heavy atom. The van der Waals surface area contributed by atoms with Gasteiger partial charge in [-0.2, -0.15) is 0 Å². The molecular formula is C26H35FO. The highest BCUT2D eigenvalue weighted by Gasteiger charge is 2.22. The minimum atomic E-state index is -0.184. The van der Waals surface area contributed by atoms with E-state index in [1.54, 1.807) is 6.07 Å². The van der Waals surface area contributed by atoms with E-state index in [9.17, 15) is 4.39 Å². The van der Waals surface area contributed by atoms with Crippen molar-refractivity contribution in [3.8, 4) is 11.1 Å². The summed E-state index contributed by atoms with van der Waals surface area (Å²) in [5.41, 5.74) is 4.09. The van der Waals surface area contributed by atoms with Gasteiger partial charge in [-0.3, -0.25) is 0 Å². The van der Waals surface area contributed by atoms with Crippen LogP contribution in [0.15, 0.2) is 42.5 Å². The molecule has 2 aromatic carbocycles. The van der Waals surface area contributed by atoms with Crippen molar-refractivity contribution >= 4 is 0 Å². The van der Waals surface area contributed by atoms with Gasteiger partial charge in [0.05, 0.1) is 6.61 Å². The number of ether oxygens (including phenoxy) is 1. The van der Waals surface area contributed by atoms with E-state index in [0.717, 1.165) is 17.0 Å². The molecule has 0 bridgehead atoms. The van der Waals surface area contributed by atoms with Crippen molar-refractivity contribution in [1.29, 1.82) is 0 Å². The third-order valence-electron chi connectivity index (χ3n) is 6.29. The predicted molar refractivity (Wildman–Crippen MR) is 116 cm³/mol. The van der Waals surface area contributed by atoms with E-state index in [1.807, 2.05) is 19.1 Å². The van der Waals surface area contributed by atoms with Crippen LogP contribution in [0.1, 0.15) is 82.3 Å². The van der Waals surface area contributed by atoms with Crippen molar-refractivity contribution in [3.05, 3.63) is 59.4 Å². The molecule has 1 aliphatic rings. The summed E-state index contributed by atoms with van der Waals surface area (Å²) >= 11 is 0. The van der Waals surface area contributed by atoms with Gasteiger partial charge >= 0.3 is 0 Å². The minimum absolute atomic E-state index is 0.184. The van der Waals surface area contributed by atoms with Crippen LogP contribution >= 0.6 is 0 Å². The van der Waals surface area contributed by atoms with E-state index >= 15 is 0 Å². The van der Waals surface area contributed by atoms with Crippen molar-refractivity contribution < 1.29 is 9.13 Å². The zero-order valence-corrected chi connectivity index (χ0v) is 17.6. The monoisotopic (exact) mass is 382 g/mol. The van der Waals surface area contributed by atoms with Crippen molar-refractivity contribution in [2.75, 3.05) is 6.61 Å². The summed E-state index contributed by atoms with van der Waals surface area (Å²) in [5, 5.41) is 0. The number of rotatable bonds is 9. The van der Waals surface area contributed by atoms with Gasteiger partial charge in [-0.05, 0) is 67.2 Å². The molecule has 0 amide bonds. The SMILES string of the molecule is CCCCCC1CCC(c2ccc(-c3ccc(COCC)c(F)c3)cc2)CC1. The summed E-state index contributed by atoms with van der Waals surface area (Å²) in [5.74, 6) is 1.46. The Kier molecular flexibility index (Phi) is 8.09. The summed E-state index contributed by atoms with van der Waals surface area (Å²) in [6, 6.07) is 14.3. The van der Waals surface area contributed by atoms with E-state index in [1.165, 1.54) is 56.9 Å². The van der Waals surface area contributed by atoms with Crippen molar-refractivity contribution in [3.63, 3.8) is 0 Å². The van der Waals surface area contributed by atoms with Crippen LogP contribution in [0.4, 0.5) is 4.39 Å². The number of benzene rings is 2. The Labute approximate surface area is 170 Å². The molecule has 1 aliphatic carbocycles. The highest BCUT2D eigenvalue weighted by molar-refractivity contribution is 5.64. The topological polar surface area (TPSA) is 9.23 Å². The van der Waals surface area contributed by atoms with Crippen LogP contribution in [0.5, 0.6) is 0 Å². The molecule has 3 rings (SSSR count). The summed E-state index contributed by atoms with van der Waals surface area (Å²) in [4.78, 5) is 0. The average molecular weight is 383 g/mol. The van der Waals surface area contributed by atoms with Gasteiger partial charge in [0.25, 0.3) is 0 Å². The van der Waals surface area contributed by atoms with Gasteiger partial charge in [0.15, 0.2) is 0 Å². The van der Waals surface area contributed by atoms with E-state index in [0.29, 0.717) is 24.7 Å². The van der Waals surface area contributed by atoms with Crippen LogP contribution < -0.4 is 0 Å². The zero-order chi connectivity index (χ0) is 19.8. The van der Waals surface area contributed by atoms with E-state index in [2.05, 4.69) is 31.2 Å². The van der Waals surface area contributed by atoms with Gasteiger partial charge in [-0.25, -0.2) is 4.39 Å². The second kappa shape index (κ2) is 10.8. The van der Waals surface area contributed by atoms with Crippen molar-refractivity contribution in [1.82, 2.24) is 0 Å². The van der Waals surface area contributed by atoms with E-state index < -0.39 is 0 Å². The second-order valence-corrected chi connectivity index (χ2v) is 8.28. The maximum atomic E-state index is 14.3. The Hall–Kier alpha value is -1.67. The van der Waals surface area contributed by atoms with Crippen LogP contribution in [0.2, 0.25) is 0 Å². The Morgan fingerprint density at radius 2 is 1.61 bits per heavy atom. The van der Waals surface area contributed by atoms with Gasteiger partial charge in [-0.15, -0.1) is 0 Å². The first-order valence-electron chi connectivity index (χ1n) is 11.2. The maximum Gasteiger partial charge on any atom is 0.129 e. The molecule has 0 N–H and O–H groups in total. The summed E-state index contributed by atoms with van der Waals surface area (Å²) in [6.07, 6.45) is 10.9. The lowest BCUT2D eigenvalue weighted by atomic mass is 9.77. The van der Waals surface area contributed by atoms with Gasteiger partial charge in [0, 0.05) is 12.2 Å². The lowest BCUT2D eigenvalue weighted by molar-refractivity contribution is 0.131. The maximum absolute atomic E-state index is 14.3. The molecule has 28 heavy (non-hydrogen) atoms. The molecular weight excluding hydrogens is 347 g/mol. The smallest absolute Gasteiger partial charge is 0.129 e. The molecule has 0 aliphatic heterocycles. The molecule has 0 saturated heterocycles. The number of hydrogen-bond donors (Lipinski definition) is 0. The Balaban J connectivity index is 1.57. The first-order chi connectivity index (χ1) is 13.7. The van der Waals surface area contributed by atoms with Crippen LogP contribution in [0, 0.1) is 11.7 Å². The number of halogens is 1. The van der Waals surface area contributed by atoms with Gasteiger partial charge in [-0.1, -0.05) is 69.0 Å². The molecule has 0 atom stereocenters. The molecule has 1 fully saturated rings. The van der Waals surface area contributed by atoms with Crippen LogP contribution in [0.3, 0.4) is 0 Å². The summed E-state index contributed by atoms with van der Waals surface area (Å²) in [7, 11) is 0. The van der Waals surface area contributed by atoms with Gasteiger partial charge in [0.1, 0.15) is 5.82 Å². The molecule has 1 saturated carbocycles. The fraction of sp³-hybridized carbons (Fsp3) is 0.538. The fourth-order valence-corrected chi connectivity index (χ4v) is 4.47. The molecule has 2 aromatic rings. The summed E-state index contributed by atoms with van der Waals surface area (Å²) in [6.45, 7) is 5.14. The lowest BCUT2D eigenvalue weighted by Gasteiger charge is -2.29. The van der Waals surface area contributed by atoms with Crippen LogP contribution in [0.25, 0.3) is 11.1 Å². The van der Waals surface area contributed by atoms with E-state index in [4.69, 9.17) is 4.74 Å². The highest BCUT2D eigenvalue weighted by Crippen LogP contribution is 2.38. The molecule has 0 spiro atoms. The molecule has 0 heterocycles. The third kappa shape index (κ3) is 5.67. The third-order valence-corrected chi connectivity index (χ3v) is 6.29. The number of unbranched alkanes of at least 4 members (excludes halogenated alkanes) is 2. The molecule has 0 unspecified atom stereocenters. The Morgan fingerprint density at radius 1 is 0.893 bits per heavy atom. The number of hydrogen-bond acceptors (Lipinski definition) is 1. The highest BCUT2D eigenvalue weighted by atomic mass is 19.1. The molecule has 0 aromatic heterocycles. The first-order valence-corrected chi connectivity index (χ1v) is 11.2. The Bertz CT molecular complexity index is 714. The van der Waals surface area contributed by atoms with Gasteiger partial charge < -0.3 is 4.74 Å². The average Bonchev–Trinajstić information content (AvgIpc) is 2.74. The molecule has 2 heteroatoms. The fourth-order valence-electron chi connectivity index (χ4n) is 4.47. The lowest BCUT2D eigenvalue weighted by Crippen LogP contribution is -2.13. The first kappa shape index (κ1) is 21.0. The minimum Gasteiger partial charge on any atom is -0.377 e. The molecule has 0 radical (unpaired) electrons. The van der Waals surface area contributed by atoms with Crippen molar-refractivity contribution in [2.24, 2.45) is 5.92 Å². The van der Waals surface area contributed by atoms with Crippen molar-refractivity contribution in [2.45, 2.75) is 77.7 Å². The summed E-state index contributed by atoms with van der Waals surface area (Å²) < 4.78 is 19.6. The normalized spacial score (nSPS) is 19.7. The molecule has 1 nitrogen and oxygen atoms in total. The second-order valence-electron chi connectivity index (χ2n) is 8.28. The van der Waals surface area contributed by atoms with E-state index in [-0.39, 0.29) is 5.82 Å². The van der Waals surface area contributed by atoms with Crippen LogP contribution in [-0.4, -0.2) is 6.61 Å². The standard InChI is InChI=1S/C26H35FO/c1-3-5-6-7-20-8-10-21(11-9-20)22-12-14-23(15-13-22)24-16-17-25(19-28-4-2)26(27)18-24/h12-18,20-21H,3-11,19H2,1-2H3. The zero-order valence-electron chi connectivity index (χ0n) is 17.6.